The van der Waals surface area contributed by atoms with E-state index in [1.54, 1.807) is 35.8 Å². The summed E-state index contributed by atoms with van der Waals surface area (Å²) in [5.41, 5.74) is 0.539. The van der Waals surface area contributed by atoms with Crippen molar-refractivity contribution in [2.75, 3.05) is 11.9 Å². The molecule has 1 aromatic carbocycles. The first-order chi connectivity index (χ1) is 16.8. The number of aromatic nitrogens is 1. The van der Waals surface area contributed by atoms with Crippen LogP contribution >= 0.6 is 11.3 Å². The van der Waals surface area contributed by atoms with Gasteiger partial charge in [0.15, 0.2) is 5.13 Å². The van der Waals surface area contributed by atoms with Gasteiger partial charge in [0.05, 0.1) is 12.8 Å². The third-order valence-corrected chi connectivity index (χ3v) is 5.95. The third-order valence-electron chi connectivity index (χ3n) is 5.26. The molecule has 10 heteroatoms. The number of nitrogens with zero attached hydrogens (tertiary/aromatic N) is 2. The summed E-state index contributed by atoms with van der Waals surface area (Å²) < 4.78 is 5.46. The van der Waals surface area contributed by atoms with Crippen LogP contribution in [0.1, 0.15) is 50.5 Å². The Labute approximate surface area is 208 Å². The number of carbonyl (C=O) groups is 3. The highest BCUT2D eigenvalue weighted by molar-refractivity contribution is 7.13. The van der Waals surface area contributed by atoms with E-state index in [0.29, 0.717) is 28.9 Å². The van der Waals surface area contributed by atoms with Crippen molar-refractivity contribution in [2.24, 2.45) is 5.92 Å². The predicted octanol–water partition coefficient (Wildman–Crippen LogP) is 4.09. The normalized spacial score (nSPS) is 11.7. The average molecular weight is 499 g/mol. The van der Waals surface area contributed by atoms with E-state index in [9.17, 15) is 19.5 Å². The van der Waals surface area contributed by atoms with Gasteiger partial charge in [-0.05, 0) is 42.2 Å². The number of benzene rings is 1. The van der Waals surface area contributed by atoms with Crippen LogP contribution in [0.15, 0.2) is 58.7 Å². The van der Waals surface area contributed by atoms with Crippen LogP contribution in [0.2, 0.25) is 0 Å². The minimum Gasteiger partial charge on any atom is -0.508 e. The molecule has 1 atom stereocenters. The van der Waals surface area contributed by atoms with Crippen molar-refractivity contribution in [1.29, 1.82) is 0 Å². The van der Waals surface area contributed by atoms with Crippen LogP contribution in [-0.4, -0.2) is 39.3 Å². The second kappa shape index (κ2) is 12.7. The van der Waals surface area contributed by atoms with Gasteiger partial charge in [-0.15, -0.1) is 11.3 Å². The van der Waals surface area contributed by atoms with Crippen LogP contribution in [0.5, 0.6) is 5.75 Å². The molecule has 0 fully saturated rings. The minimum absolute atomic E-state index is 0.0447. The molecule has 3 amide bonds. The highest BCUT2D eigenvalue weighted by Crippen LogP contribution is 2.27. The Hall–Kier alpha value is -3.66. The van der Waals surface area contributed by atoms with Crippen LogP contribution in [0.4, 0.5) is 5.13 Å². The maximum absolute atomic E-state index is 13.4. The minimum atomic E-state index is -0.970. The van der Waals surface area contributed by atoms with Crippen molar-refractivity contribution in [3.63, 3.8) is 0 Å². The Morgan fingerprint density at radius 1 is 1.14 bits per heavy atom. The summed E-state index contributed by atoms with van der Waals surface area (Å²) in [6.07, 6.45) is 3.70. The first-order valence-electron chi connectivity index (χ1n) is 11.4. The second-order valence-corrected chi connectivity index (χ2v) is 9.35. The standard InChI is InChI=1S/C25H30N4O5S/c1-17(2)11-12-26-24(33)23(18-5-7-19(30)8-6-18)29(16-20-4-3-14-34-20)22(32)10-9-21(31)28-25-27-13-15-35-25/h3-8,13-15,17,23,30H,9-12,16H2,1-2H3,(H,26,33)(H,27,28,31)/t23-/m1/s1. The van der Waals surface area contributed by atoms with Crippen LogP contribution < -0.4 is 10.6 Å². The van der Waals surface area contributed by atoms with E-state index in [-0.39, 0.29) is 42.9 Å². The fraction of sp³-hybridized carbons (Fsp3) is 0.360. The number of carbonyl (C=O) groups excluding carboxylic acids is 3. The summed E-state index contributed by atoms with van der Waals surface area (Å²) in [4.78, 5) is 44.5. The van der Waals surface area contributed by atoms with Crippen LogP contribution in [0.3, 0.4) is 0 Å². The molecule has 0 aliphatic rings. The van der Waals surface area contributed by atoms with Gasteiger partial charge in [-0.25, -0.2) is 4.98 Å². The topological polar surface area (TPSA) is 125 Å². The molecule has 0 aliphatic heterocycles. The van der Waals surface area contributed by atoms with Gasteiger partial charge in [-0.3, -0.25) is 14.4 Å². The predicted molar refractivity (Wildman–Crippen MR) is 133 cm³/mol. The monoisotopic (exact) mass is 498 g/mol. The summed E-state index contributed by atoms with van der Waals surface area (Å²) >= 11 is 1.29. The van der Waals surface area contributed by atoms with Gasteiger partial charge < -0.3 is 25.1 Å². The zero-order valence-corrected chi connectivity index (χ0v) is 20.6. The van der Waals surface area contributed by atoms with Gasteiger partial charge in [-0.1, -0.05) is 26.0 Å². The maximum atomic E-state index is 13.4. The van der Waals surface area contributed by atoms with Crippen molar-refractivity contribution < 1.29 is 23.9 Å². The van der Waals surface area contributed by atoms with Gasteiger partial charge in [-0.2, -0.15) is 0 Å². The summed E-state index contributed by atoms with van der Waals surface area (Å²) in [6, 6.07) is 8.63. The lowest BCUT2D eigenvalue weighted by molar-refractivity contribution is -0.142. The Kier molecular flexibility index (Phi) is 9.42. The summed E-state index contributed by atoms with van der Waals surface area (Å²) in [5.74, 6) is -0.107. The summed E-state index contributed by atoms with van der Waals surface area (Å²) in [5, 5.41) is 17.5. The number of anilines is 1. The van der Waals surface area contributed by atoms with Crippen molar-refractivity contribution in [1.82, 2.24) is 15.2 Å². The van der Waals surface area contributed by atoms with E-state index in [0.717, 1.165) is 6.42 Å². The van der Waals surface area contributed by atoms with Crippen molar-refractivity contribution in [3.8, 4) is 5.75 Å². The quantitative estimate of drug-likeness (QED) is 0.345. The molecule has 0 saturated carbocycles. The average Bonchev–Trinajstić information content (AvgIpc) is 3.52. The van der Waals surface area contributed by atoms with Gasteiger partial charge in [0.25, 0.3) is 0 Å². The van der Waals surface area contributed by atoms with E-state index < -0.39 is 6.04 Å². The van der Waals surface area contributed by atoms with E-state index in [1.807, 2.05) is 0 Å². The lowest BCUT2D eigenvalue weighted by atomic mass is 10.0. The fourth-order valence-corrected chi connectivity index (χ4v) is 3.98. The molecule has 0 spiro atoms. The molecule has 0 radical (unpaired) electrons. The molecule has 2 aromatic heterocycles. The highest BCUT2D eigenvalue weighted by Gasteiger charge is 2.32. The third kappa shape index (κ3) is 7.96. The number of furan rings is 1. The number of aromatic hydroxyl groups is 1. The molecule has 9 nitrogen and oxygen atoms in total. The Morgan fingerprint density at radius 2 is 1.91 bits per heavy atom. The highest BCUT2D eigenvalue weighted by atomic mass is 32.1. The lowest BCUT2D eigenvalue weighted by Crippen LogP contribution is -2.44. The Bertz CT molecular complexity index is 1080. The molecule has 2 heterocycles. The first kappa shape index (κ1) is 26.0. The lowest BCUT2D eigenvalue weighted by Gasteiger charge is -2.31. The van der Waals surface area contributed by atoms with Gasteiger partial charge in [0.2, 0.25) is 17.7 Å². The Morgan fingerprint density at radius 3 is 2.54 bits per heavy atom. The van der Waals surface area contributed by atoms with E-state index in [2.05, 4.69) is 29.5 Å². The van der Waals surface area contributed by atoms with Crippen molar-refractivity contribution >= 4 is 34.2 Å². The van der Waals surface area contributed by atoms with Crippen molar-refractivity contribution in [2.45, 2.75) is 45.7 Å². The van der Waals surface area contributed by atoms with E-state index in [4.69, 9.17) is 4.42 Å². The second-order valence-electron chi connectivity index (χ2n) is 8.45. The first-order valence-corrected chi connectivity index (χ1v) is 12.3. The van der Waals surface area contributed by atoms with Gasteiger partial charge in [0.1, 0.15) is 17.6 Å². The molecule has 0 bridgehead atoms. The van der Waals surface area contributed by atoms with E-state index in [1.165, 1.54) is 34.6 Å². The maximum Gasteiger partial charge on any atom is 0.247 e. The number of thiazole rings is 1. The van der Waals surface area contributed by atoms with Crippen molar-refractivity contribution in [3.05, 3.63) is 65.6 Å². The SMILES string of the molecule is CC(C)CCNC(=O)[C@@H](c1ccc(O)cc1)N(Cc1ccco1)C(=O)CCC(=O)Nc1nccs1. The molecule has 3 N–H and O–H groups in total. The molecule has 3 aromatic rings. The number of rotatable bonds is 12. The number of hydrogen-bond acceptors (Lipinski definition) is 7. The molecule has 35 heavy (non-hydrogen) atoms. The number of amides is 3. The van der Waals surface area contributed by atoms with Crippen LogP contribution in [-0.2, 0) is 20.9 Å². The Balaban J connectivity index is 1.82. The number of phenols is 1. The molecule has 3 rings (SSSR count). The molecule has 0 unspecified atom stereocenters. The molecular weight excluding hydrogens is 468 g/mol. The summed E-state index contributed by atoms with van der Waals surface area (Å²) in [7, 11) is 0. The largest absolute Gasteiger partial charge is 0.508 e. The van der Waals surface area contributed by atoms with Gasteiger partial charge in [0, 0.05) is 31.0 Å². The zero-order chi connectivity index (χ0) is 25.2. The van der Waals surface area contributed by atoms with Crippen LogP contribution in [0, 0.1) is 5.92 Å². The molecule has 186 valence electrons. The number of nitrogens with one attached hydrogen (secondary N) is 2. The van der Waals surface area contributed by atoms with E-state index >= 15 is 0 Å². The number of hydrogen-bond donors (Lipinski definition) is 3. The summed E-state index contributed by atoms with van der Waals surface area (Å²) in [6.45, 7) is 4.63. The van der Waals surface area contributed by atoms with Gasteiger partial charge >= 0.3 is 0 Å². The fourth-order valence-electron chi connectivity index (χ4n) is 3.44. The number of phenolic OH excluding ortho intramolecular Hbond substituents is 1. The zero-order valence-electron chi connectivity index (χ0n) is 19.8. The molecular formula is C25H30N4O5S. The van der Waals surface area contributed by atoms with Crippen LogP contribution in [0.25, 0.3) is 0 Å². The molecule has 0 saturated heterocycles. The molecule has 0 aliphatic carbocycles. The smallest absolute Gasteiger partial charge is 0.247 e.